The van der Waals surface area contributed by atoms with Gasteiger partial charge in [-0.1, -0.05) is 73.4 Å². The second-order valence-corrected chi connectivity index (χ2v) is 4.70. The fourth-order valence-corrected chi connectivity index (χ4v) is 1.92. The Morgan fingerprint density at radius 3 is 2.53 bits per heavy atom. The Balaban J connectivity index is 4.01. The van der Waals surface area contributed by atoms with Crippen LogP contribution in [-0.2, 0) is 0 Å². The normalized spacial score (nSPS) is 16.3. The van der Waals surface area contributed by atoms with Crippen molar-refractivity contribution in [1.82, 2.24) is 0 Å². The lowest BCUT2D eigenvalue weighted by Crippen LogP contribution is -2.24. The summed E-state index contributed by atoms with van der Waals surface area (Å²) in [5.74, 6) is 0. The van der Waals surface area contributed by atoms with Gasteiger partial charge in [0, 0.05) is 0 Å². The molecule has 1 unspecified atom stereocenters. The van der Waals surface area contributed by atoms with Crippen LogP contribution in [0.2, 0.25) is 0 Å². The number of aliphatic hydroxyl groups is 1. The summed E-state index contributed by atoms with van der Waals surface area (Å²) in [5, 5.41) is 10.3. The summed E-state index contributed by atoms with van der Waals surface area (Å²) in [7, 11) is 0. The van der Waals surface area contributed by atoms with Gasteiger partial charge in [-0.05, 0) is 23.8 Å². The predicted octanol–water partition coefficient (Wildman–Crippen LogP) is 4.60. The van der Waals surface area contributed by atoms with Crippen LogP contribution >= 0.6 is 22.6 Å². The van der Waals surface area contributed by atoms with Gasteiger partial charge in [0.05, 0.1) is 5.60 Å². The van der Waals surface area contributed by atoms with Crippen molar-refractivity contribution >= 4 is 22.6 Å². The van der Waals surface area contributed by atoms with Crippen molar-refractivity contribution in [3.63, 3.8) is 0 Å². The van der Waals surface area contributed by atoms with Crippen LogP contribution in [0, 0.1) is 0 Å². The van der Waals surface area contributed by atoms with Gasteiger partial charge in [-0.3, -0.25) is 0 Å². The van der Waals surface area contributed by atoms with Crippen molar-refractivity contribution in [1.29, 1.82) is 0 Å². The lowest BCUT2D eigenvalue weighted by Gasteiger charge is -2.23. The van der Waals surface area contributed by atoms with Crippen LogP contribution in [0.15, 0.2) is 22.3 Å². The van der Waals surface area contributed by atoms with E-state index >= 15 is 0 Å². The van der Waals surface area contributed by atoms with E-state index in [1.54, 1.807) is 0 Å². The first-order chi connectivity index (χ1) is 7.18. The van der Waals surface area contributed by atoms with E-state index in [4.69, 9.17) is 0 Å². The maximum atomic E-state index is 10.3. The van der Waals surface area contributed by atoms with Crippen molar-refractivity contribution in [3.8, 4) is 0 Å². The minimum Gasteiger partial charge on any atom is -0.385 e. The third-order valence-corrected chi connectivity index (χ3v) is 3.01. The molecule has 0 saturated heterocycles. The molecule has 0 rings (SSSR count). The van der Waals surface area contributed by atoms with Crippen molar-refractivity contribution in [2.45, 2.75) is 58.0 Å². The highest BCUT2D eigenvalue weighted by Gasteiger charge is 2.20. The molecule has 0 heterocycles. The van der Waals surface area contributed by atoms with Crippen LogP contribution < -0.4 is 0 Å². The number of rotatable bonds is 8. The summed E-state index contributed by atoms with van der Waals surface area (Å²) in [5.41, 5.74) is -0.621. The number of allylic oxidation sites excluding steroid dienone is 1. The summed E-state index contributed by atoms with van der Waals surface area (Å²) >= 11 is 2.19. The Bertz CT molecular complexity index is 199. The van der Waals surface area contributed by atoms with Gasteiger partial charge in [0.15, 0.2) is 0 Å². The molecule has 0 aromatic carbocycles. The van der Waals surface area contributed by atoms with E-state index in [2.05, 4.69) is 29.5 Å². The van der Waals surface area contributed by atoms with Gasteiger partial charge in [0.25, 0.3) is 0 Å². The molecule has 0 amide bonds. The summed E-state index contributed by atoms with van der Waals surface area (Å²) in [4.78, 5) is 0. The summed E-state index contributed by atoms with van der Waals surface area (Å²) < 4.78 is 1.97. The van der Waals surface area contributed by atoms with Gasteiger partial charge >= 0.3 is 0 Å². The molecule has 0 aliphatic rings. The van der Waals surface area contributed by atoms with Crippen LogP contribution in [0.25, 0.3) is 0 Å². The van der Waals surface area contributed by atoms with Crippen molar-refractivity contribution < 1.29 is 5.11 Å². The standard InChI is InChI=1S/C13H23IO/c1-3-5-6-7-10-13(15,9-4-2)11-8-12-14/h4,8-9,12,15H,3,5-7,10-11H2,1-2H3. The van der Waals surface area contributed by atoms with Crippen LogP contribution in [0.3, 0.4) is 0 Å². The zero-order chi connectivity index (χ0) is 11.6. The van der Waals surface area contributed by atoms with Gasteiger partial charge < -0.3 is 5.11 Å². The predicted molar refractivity (Wildman–Crippen MR) is 76.3 cm³/mol. The number of hydrogen-bond acceptors (Lipinski definition) is 1. The van der Waals surface area contributed by atoms with E-state index in [1.165, 1.54) is 19.3 Å². The summed E-state index contributed by atoms with van der Waals surface area (Å²) in [6.07, 6.45) is 12.4. The second-order valence-electron chi connectivity index (χ2n) is 3.98. The van der Waals surface area contributed by atoms with Crippen LogP contribution in [-0.4, -0.2) is 10.7 Å². The molecule has 0 aliphatic heterocycles. The summed E-state index contributed by atoms with van der Waals surface area (Å²) in [6, 6.07) is 0. The zero-order valence-corrected chi connectivity index (χ0v) is 12.0. The molecule has 88 valence electrons. The van der Waals surface area contributed by atoms with E-state index in [-0.39, 0.29) is 0 Å². The highest BCUT2D eigenvalue weighted by Crippen LogP contribution is 2.22. The molecule has 0 aliphatic carbocycles. The van der Waals surface area contributed by atoms with Crippen LogP contribution in [0.5, 0.6) is 0 Å². The Labute approximate surface area is 108 Å². The molecule has 0 aromatic rings. The van der Waals surface area contributed by atoms with Gasteiger partial charge in [-0.15, -0.1) is 0 Å². The van der Waals surface area contributed by atoms with Crippen LogP contribution in [0.1, 0.15) is 52.4 Å². The molecule has 1 atom stereocenters. The van der Waals surface area contributed by atoms with E-state index in [0.717, 1.165) is 19.3 Å². The van der Waals surface area contributed by atoms with Gasteiger partial charge in [-0.25, -0.2) is 0 Å². The second kappa shape index (κ2) is 9.40. The average molecular weight is 322 g/mol. The Morgan fingerprint density at radius 2 is 2.00 bits per heavy atom. The number of unbranched alkanes of at least 4 members (excludes halogenated alkanes) is 3. The zero-order valence-electron chi connectivity index (χ0n) is 9.88. The number of hydrogen-bond donors (Lipinski definition) is 1. The molecule has 15 heavy (non-hydrogen) atoms. The third kappa shape index (κ3) is 8.03. The number of halogens is 1. The lowest BCUT2D eigenvalue weighted by atomic mass is 9.92. The fourth-order valence-electron chi connectivity index (χ4n) is 1.67. The highest BCUT2D eigenvalue weighted by molar-refractivity contribution is 14.1. The molecular formula is C13H23IO. The van der Waals surface area contributed by atoms with E-state index in [1.807, 2.05) is 29.2 Å². The molecule has 0 fully saturated rings. The minimum absolute atomic E-state index is 0.621. The molecular weight excluding hydrogens is 299 g/mol. The van der Waals surface area contributed by atoms with Crippen molar-refractivity contribution in [2.75, 3.05) is 0 Å². The third-order valence-electron chi connectivity index (χ3n) is 2.50. The Hall–Kier alpha value is 0.170. The molecule has 0 bridgehead atoms. The van der Waals surface area contributed by atoms with E-state index in [0.29, 0.717) is 0 Å². The first-order valence-corrected chi connectivity index (χ1v) is 7.04. The average Bonchev–Trinajstić information content (AvgIpc) is 2.22. The first kappa shape index (κ1) is 15.2. The molecule has 0 aromatic heterocycles. The molecule has 2 heteroatoms. The van der Waals surface area contributed by atoms with E-state index in [9.17, 15) is 5.11 Å². The molecule has 0 saturated carbocycles. The molecule has 1 nitrogen and oxygen atoms in total. The molecule has 1 N–H and O–H groups in total. The van der Waals surface area contributed by atoms with Crippen molar-refractivity contribution in [3.05, 3.63) is 22.3 Å². The summed E-state index contributed by atoms with van der Waals surface area (Å²) in [6.45, 7) is 4.17. The quantitative estimate of drug-likeness (QED) is 0.393. The van der Waals surface area contributed by atoms with E-state index < -0.39 is 5.60 Å². The van der Waals surface area contributed by atoms with Crippen LogP contribution in [0.4, 0.5) is 0 Å². The topological polar surface area (TPSA) is 20.2 Å². The SMILES string of the molecule is CC=CC(O)(CC=CI)CCCCCC. The van der Waals surface area contributed by atoms with Crippen molar-refractivity contribution in [2.24, 2.45) is 0 Å². The highest BCUT2D eigenvalue weighted by atomic mass is 127. The largest absolute Gasteiger partial charge is 0.385 e. The van der Waals surface area contributed by atoms with Gasteiger partial charge in [0.1, 0.15) is 0 Å². The first-order valence-electron chi connectivity index (χ1n) is 5.80. The molecule has 0 radical (unpaired) electrons. The maximum absolute atomic E-state index is 10.3. The Morgan fingerprint density at radius 1 is 1.27 bits per heavy atom. The Kier molecular flexibility index (Phi) is 9.51. The van der Waals surface area contributed by atoms with Gasteiger partial charge in [-0.2, -0.15) is 0 Å². The lowest BCUT2D eigenvalue weighted by molar-refractivity contribution is 0.0814. The maximum Gasteiger partial charge on any atom is 0.0862 e. The monoisotopic (exact) mass is 322 g/mol. The minimum atomic E-state index is -0.621. The smallest absolute Gasteiger partial charge is 0.0862 e. The molecule has 0 spiro atoms. The fraction of sp³-hybridized carbons (Fsp3) is 0.692. The van der Waals surface area contributed by atoms with Gasteiger partial charge in [0.2, 0.25) is 0 Å².